The van der Waals surface area contributed by atoms with Crippen LogP contribution < -0.4 is 10.1 Å². The van der Waals surface area contributed by atoms with E-state index in [0.717, 1.165) is 18.4 Å². The highest BCUT2D eigenvalue weighted by molar-refractivity contribution is 6.32. The third-order valence-electron chi connectivity index (χ3n) is 4.53. The van der Waals surface area contributed by atoms with E-state index in [9.17, 15) is 14.7 Å². The molecule has 1 aromatic rings. The Labute approximate surface area is 152 Å². The van der Waals surface area contributed by atoms with Gasteiger partial charge in [0.25, 0.3) is 0 Å². The fourth-order valence-corrected chi connectivity index (χ4v) is 3.29. The van der Waals surface area contributed by atoms with Crippen LogP contribution in [0.2, 0.25) is 5.02 Å². The van der Waals surface area contributed by atoms with Gasteiger partial charge in [-0.2, -0.15) is 0 Å². The molecule has 0 saturated carbocycles. The van der Waals surface area contributed by atoms with Gasteiger partial charge in [0.1, 0.15) is 5.75 Å². The van der Waals surface area contributed by atoms with Crippen LogP contribution in [0.1, 0.15) is 24.8 Å². The number of aliphatic carboxylic acids is 1. The highest BCUT2D eigenvalue weighted by atomic mass is 35.5. The minimum absolute atomic E-state index is 0.0481. The molecule has 25 heavy (non-hydrogen) atoms. The van der Waals surface area contributed by atoms with Crippen molar-refractivity contribution in [1.29, 1.82) is 0 Å². The average Bonchev–Trinajstić information content (AvgIpc) is 2.61. The maximum absolute atomic E-state index is 12.0. The van der Waals surface area contributed by atoms with Gasteiger partial charge in [-0.15, -0.1) is 0 Å². The summed E-state index contributed by atoms with van der Waals surface area (Å²) in [6, 6.07) is 5.40. The lowest BCUT2D eigenvalue weighted by molar-refractivity contribution is -0.144. The molecule has 2 rings (SSSR count). The normalized spacial score (nSPS) is 16.2. The first-order valence-electron chi connectivity index (χ1n) is 8.41. The van der Waals surface area contributed by atoms with Gasteiger partial charge in [-0.3, -0.25) is 9.59 Å². The van der Waals surface area contributed by atoms with E-state index in [4.69, 9.17) is 21.1 Å². The summed E-state index contributed by atoms with van der Waals surface area (Å²) >= 11 is 6.07. The van der Waals surface area contributed by atoms with E-state index in [0.29, 0.717) is 30.4 Å². The Kier molecular flexibility index (Phi) is 7.52. The van der Waals surface area contributed by atoms with Crippen LogP contribution in [0.25, 0.3) is 0 Å². The summed E-state index contributed by atoms with van der Waals surface area (Å²) in [6.07, 6.45) is 2.25. The lowest BCUT2D eigenvalue weighted by Gasteiger charge is -2.27. The number of benzene rings is 1. The van der Waals surface area contributed by atoms with Crippen molar-refractivity contribution in [1.82, 2.24) is 5.32 Å². The molecule has 1 atom stereocenters. The number of halogens is 1. The number of methoxy groups -OCH3 is 1. The van der Waals surface area contributed by atoms with Gasteiger partial charge >= 0.3 is 5.97 Å². The van der Waals surface area contributed by atoms with Gasteiger partial charge in [0.05, 0.1) is 18.1 Å². The van der Waals surface area contributed by atoms with Gasteiger partial charge in [-0.25, -0.2) is 0 Å². The van der Waals surface area contributed by atoms with Crippen LogP contribution in [-0.2, 0) is 20.7 Å². The van der Waals surface area contributed by atoms with E-state index in [2.05, 4.69) is 5.32 Å². The molecular weight excluding hydrogens is 346 g/mol. The Hall–Kier alpha value is -1.79. The molecule has 0 aliphatic carbocycles. The van der Waals surface area contributed by atoms with Crippen molar-refractivity contribution < 1.29 is 24.2 Å². The molecule has 1 aromatic carbocycles. The lowest BCUT2D eigenvalue weighted by Crippen LogP contribution is -2.39. The van der Waals surface area contributed by atoms with Gasteiger partial charge in [0, 0.05) is 26.2 Å². The van der Waals surface area contributed by atoms with Crippen LogP contribution in [-0.4, -0.2) is 43.9 Å². The van der Waals surface area contributed by atoms with Crippen molar-refractivity contribution >= 4 is 23.5 Å². The smallest absolute Gasteiger partial charge is 0.308 e. The maximum atomic E-state index is 12.0. The molecule has 1 unspecified atom stereocenters. The molecule has 0 bridgehead atoms. The highest BCUT2D eigenvalue weighted by Gasteiger charge is 2.29. The molecule has 138 valence electrons. The van der Waals surface area contributed by atoms with Gasteiger partial charge in [0.2, 0.25) is 5.91 Å². The first-order chi connectivity index (χ1) is 12.0. The molecule has 1 amide bonds. The average molecular weight is 370 g/mol. The largest absolute Gasteiger partial charge is 0.495 e. The molecule has 1 aliphatic heterocycles. The number of carboxylic acid groups (broad SMARTS) is 1. The van der Waals surface area contributed by atoms with Crippen LogP contribution in [0.5, 0.6) is 5.75 Å². The number of ether oxygens (including phenoxy) is 2. The second kappa shape index (κ2) is 9.63. The SMILES string of the molecule is COc1ccc(CCC(=O)NCC(C(=O)O)C2CCOCC2)cc1Cl. The number of hydrogen-bond acceptors (Lipinski definition) is 4. The number of carboxylic acids is 1. The number of rotatable bonds is 8. The molecular formula is C18H24ClNO5. The second-order valence-corrected chi connectivity index (χ2v) is 6.57. The minimum atomic E-state index is -0.867. The van der Waals surface area contributed by atoms with E-state index in [1.165, 1.54) is 0 Å². The minimum Gasteiger partial charge on any atom is -0.495 e. The summed E-state index contributed by atoms with van der Waals surface area (Å²) in [6.45, 7) is 1.32. The molecule has 1 saturated heterocycles. The van der Waals surface area contributed by atoms with E-state index < -0.39 is 11.9 Å². The summed E-state index contributed by atoms with van der Waals surface area (Å²) in [5, 5.41) is 12.7. The monoisotopic (exact) mass is 369 g/mol. The molecule has 7 heteroatoms. The zero-order chi connectivity index (χ0) is 18.2. The third kappa shape index (κ3) is 5.90. The maximum Gasteiger partial charge on any atom is 0.308 e. The second-order valence-electron chi connectivity index (χ2n) is 6.17. The lowest BCUT2D eigenvalue weighted by atomic mass is 9.86. The van der Waals surface area contributed by atoms with E-state index in [-0.39, 0.29) is 24.8 Å². The summed E-state index contributed by atoms with van der Waals surface area (Å²) in [4.78, 5) is 23.5. The van der Waals surface area contributed by atoms with Gasteiger partial charge in [0.15, 0.2) is 0 Å². The van der Waals surface area contributed by atoms with Gasteiger partial charge in [-0.05, 0) is 42.9 Å². The fraction of sp³-hybridized carbons (Fsp3) is 0.556. The Morgan fingerprint density at radius 2 is 2.12 bits per heavy atom. The Morgan fingerprint density at radius 3 is 2.72 bits per heavy atom. The Bertz CT molecular complexity index is 601. The molecule has 0 aromatic heterocycles. The topological polar surface area (TPSA) is 84.9 Å². The Morgan fingerprint density at radius 1 is 1.40 bits per heavy atom. The summed E-state index contributed by atoms with van der Waals surface area (Å²) in [5.74, 6) is -0.953. The van der Waals surface area contributed by atoms with Crippen LogP contribution in [0, 0.1) is 11.8 Å². The standard InChI is InChI=1S/C18H24ClNO5/c1-24-16-4-2-12(10-15(16)19)3-5-17(21)20-11-14(18(22)23)13-6-8-25-9-7-13/h2,4,10,13-14H,3,5-9,11H2,1H3,(H,20,21)(H,22,23). The van der Waals surface area contributed by atoms with Gasteiger partial charge < -0.3 is 19.9 Å². The van der Waals surface area contributed by atoms with Crippen LogP contribution in [0.15, 0.2) is 18.2 Å². The first-order valence-corrected chi connectivity index (χ1v) is 8.78. The zero-order valence-electron chi connectivity index (χ0n) is 14.3. The third-order valence-corrected chi connectivity index (χ3v) is 4.82. The first kappa shape index (κ1) is 19.5. The van der Waals surface area contributed by atoms with Gasteiger partial charge in [-0.1, -0.05) is 17.7 Å². The van der Waals surface area contributed by atoms with Crippen molar-refractivity contribution in [2.24, 2.45) is 11.8 Å². The molecule has 0 spiro atoms. The molecule has 6 nitrogen and oxygen atoms in total. The molecule has 1 heterocycles. The quantitative estimate of drug-likeness (QED) is 0.735. The van der Waals surface area contributed by atoms with Crippen molar-refractivity contribution in [3.63, 3.8) is 0 Å². The number of carbonyl (C=O) groups excluding carboxylic acids is 1. The molecule has 2 N–H and O–H groups in total. The van der Waals surface area contributed by atoms with E-state index in [1.807, 2.05) is 6.07 Å². The number of nitrogens with one attached hydrogen (secondary N) is 1. The predicted octanol–water partition coefficient (Wildman–Crippen LogP) is 2.52. The van der Waals surface area contributed by atoms with Crippen molar-refractivity contribution in [2.45, 2.75) is 25.7 Å². The highest BCUT2D eigenvalue weighted by Crippen LogP contribution is 2.26. The van der Waals surface area contributed by atoms with Crippen LogP contribution >= 0.6 is 11.6 Å². The van der Waals surface area contributed by atoms with E-state index in [1.54, 1.807) is 19.2 Å². The number of hydrogen-bond donors (Lipinski definition) is 2. The molecule has 1 aliphatic rings. The number of aryl methyl sites for hydroxylation is 1. The van der Waals surface area contributed by atoms with Crippen molar-refractivity contribution in [2.75, 3.05) is 26.9 Å². The van der Waals surface area contributed by atoms with Crippen molar-refractivity contribution in [3.05, 3.63) is 28.8 Å². The summed E-state index contributed by atoms with van der Waals surface area (Å²) < 4.78 is 10.4. The van der Waals surface area contributed by atoms with Crippen molar-refractivity contribution in [3.8, 4) is 5.75 Å². The summed E-state index contributed by atoms with van der Waals surface area (Å²) in [5.41, 5.74) is 0.931. The predicted molar refractivity (Wildman–Crippen MR) is 94.0 cm³/mol. The number of carbonyl (C=O) groups is 2. The number of amides is 1. The fourth-order valence-electron chi connectivity index (χ4n) is 3.01. The van der Waals surface area contributed by atoms with E-state index >= 15 is 0 Å². The zero-order valence-corrected chi connectivity index (χ0v) is 15.1. The van der Waals surface area contributed by atoms with Crippen LogP contribution in [0.4, 0.5) is 0 Å². The molecule has 0 radical (unpaired) electrons. The van der Waals surface area contributed by atoms with Crippen LogP contribution in [0.3, 0.4) is 0 Å². The molecule has 1 fully saturated rings. The Balaban J connectivity index is 1.80. The summed E-state index contributed by atoms with van der Waals surface area (Å²) in [7, 11) is 1.55.